The zero-order valence-corrected chi connectivity index (χ0v) is 13.7. The molecule has 4 rings (SSSR count). The highest BCUT2D eigenvalue weighted by Gasteiger charge is 2.50. The number of imide groups is 1. The van der Waals surface area contributed by atoms with Crippen molar-refractivity contribution >= 4 is 17.8 Å². The Morgan fingerprint density at radius 2 is 1.75 bits per heavy atom. The van der Waals surface area contributed by atoms with Crippen LogP contribution in [0.15, 0.2) is 30.6 Å². The van der Waals surface area contributed by atoms with E-state index in [2.05, 4.69) is 10.1 Å². The first-order chi connectivity index (χ1) is 11.6. The second kappa shape index (κ2) is 5.85. The normalized spacial score (nSPS) is 23.6. The van der Waals surface area contributed by atoms with Gasteiger partial charge in [-0.15, -0.1) is 5.10 Å². The molecule has 2 aliphatic rings. The molecule has 6 nitrogen and oxygen atoms in total. The van der Waals surface area contributed by atoms with Crippen LogP contribution in [-0.2, 0) is 16.1 Å². The number of carbonyl (C=O) groups excluding carboxylic acids is 2. The highest BCUT2D eigenvalue weighted by Crippen LogP contribution is 2.39. The summed E-state index contributed by atoms with van der Waals surface area (Å²) in [5.41, 5.74) is 2.32. The Balaban J connectivity index is 1.57. The average molecular weight is 324 g/mol. The van der Waals surface area contributed by atoms with Gasteiger partial charge in [0, 0.05) is 0 Å². The summed E-state index contributed by atoms with van der Waals surface area (Å²) in [4.78, 5) is 30.6. The van der Waals surface area contributed by atoms with Crippen molar-refractivity contribution in [1.82, 2.24) is 14.8 Å². The van der Waals surface area contributed by atoms with Gasteiger partial charge in [-0.3, -0.25) is 9.59 Å². The van der Waals surface area contributed by atoms with Crippen LogP contribution in [0.25, 0.3) is 0 Å². The zero-order chi connectivity index (χ0) is 16.7. The van der Waals surface area contributed by atoms with Crippen molar-refractivity contribution in [2.24, 2.45) is 11.8 Å². The number of nitrogens with zero attached hydrogens (tertiary/aromatic N) is 4. The van der Waals surface area contributed by atoms with Crippen molar-refractivity contribution in [3.63, 3.8) is 0 Å². The van der Waals surface area contributed by atoms with Crippen LogP contribution in [0.2, 0.25) is 0 Å². The first-order valence-electron chi connectivity index (χ1n) is 8.47. The zero-order valence-electron chi connectivity index (χ0n) is 13.7. The fraction of sp³-hybridized carbons (Fsp3) is 0.444. The maximum absolute atomic E-state index is 12.6. The first kappa shape index (κ1) is 15.1. The number of carbonyl (C=O) groups is 2. The van der Waals surface area contributed by atoms with E-state index >= 15 is 0 Å². The van der Waals surface area contributed by atoms with Gasteiger partial charge in [-0.2, -0.15) is 4.98 Å². The maximum Gasteiger partial charge on any atom is 0.258 e. The lowest BCUT2D eigenvalue weighted by atomic mass is 9.81. The second-order valence-electron chi connectivity index (χ2n) is 6.68. The van der Waals surface area contributed by atoms with Gasteiger partial charge in [-0.05, 0) is 30.9 Å². The molecule has 2 fully saturated rings. The molecule has 6 heteroatoms. The van der Waals surface area contributed by atoms with E-state index in [-0.39, 0.29) is 29.6 Å². The smallest absolute Gasteiger partial charge is 0.258 e. The Kier molecular flexibility index (Phi) is 3.67. The summed E-state index contributed by atoms with van der Waals surface area (Å²) in [6, 6.07) is 8.07. The molecule has 2 atom stereocenters. The van der Waals surface area contributed by atoms with Crippen LogP contribution in [0, 0.1) is 18.8 Å². The highest BCUT2D eigenvalue weighted by atomic mass is 16.2. The maximum atomic E-state index is 12.6. The summed E-state index contributed by atoms with van der Waals surface area (Å²) in [6.45, 7) is 2.62. The molecule has 2 unspecified atom stereocenters. The van der Waals surface area contributed by atoms with Crippen molar-refractivity contribution in [2.45, 2.75) is 39.2 Å². The number of anilines is 1. The van der Waals surface area contributed by atoms with E-state index in [1.807, 2.05) is 31.2 Å². The van der Waals surface area contributed by atoms with Crippen LogP contribution in [0.3, 0.4) is 0 Å². The Labute approximate surface area is 140 Å². The third kappa shape index (κ3) is 2.42. The molecule has 0 N–H and O–H groups in total. The summed E-state index contributed by atoms with van der Waals surface area (Å²) in [5, 5.41) is 4.38. The molecule has 1 saturated carbocycles. The number of benzene rings is 1. The van der Waals surface area contributed by atoms with Gasteiger partial charge in [-0.1, -0.05) is 37.1 Å². The molecular weight excluding hydrogens is 304 g/mol. The van der Waals surface area contributed by atoms with Crippen molar-refractivity contribution in [3.05, 3.63) is 41.7 Å². The van der Waals surface area contributed by atoms with Crippen molar-refractivity contribution < 1.29 is 9.59 Å². The third-order valence-electron chi connectivity index (χ3n) is 5.16. The number of hydrogen-bond acceptors (Lipinski definition) is 4. The molecule has 1 aliphatic heterocycles. The lowest BCUT2D eigenvalue weighted by molar-refractivity contribution is -0.122. The Morgan fingerprint density at radius 1 is 1.08 bits per heavy atom. The molecule has 2 amide bonds. The van der Waals surface area contributed by atoms with Gasteiger partial charge < -0.3 is 0 Å². The van der Waals surface area contributed by atoms with E-state index in [4.69, 9.17) is 0 Å². The van der Waals surface area contributed by atoms with Gasteiger partial charge in [0.25, 0.3) is 5.95 Å². The van der Waals surface area contributed by atoms with Gasteiger partial charge >= 0.3 is 0 Å². The van der Waals surface area contributed by atoms with E-state index in [0.717, 1.165) is 31.2 Å². The predicted molar refractivity (Wildman–Crippen MR) is 88.2 cm³/mol. The van der Waals surface area contributed by atoms with Crippen molar-refractivity contribution in [3.8, 4) is 0 Å². The summed E-state index contributed by atoms with van der Waals surface area (Å²) in [5.74, 6) is -0.381. The van der Waals surface area contributed by atoms with Crippen LogP contribution in [0.5, 0.6) is 0 Å². The fourth-order valence-corrected chi connectivity index (χ4v) is 3.78. The molecular formula is C18H20N4O2. The average Bonchev–Trinajstić information content (AvgIpc) is 3.14. The molecule has 0 spiro atoms. The number of fused-ring (bicyclic) bond motifs is 1. The minimum Gasteiger partial charge on any atom is -0.274 e. The molecule has 124 valence electrons. The summed E-state index contributed by atoms with van der Waals surface area (Å²) < 4.78 is 1.68. The summed E-state index contributed by atoms with van der Waals surface area (Å²) >= 11 is 0. The monoisotopic (exact) mass is 324 g/mol. The third-order valence-corrected chi connectivity index (χ3v) is 5.16. The molecule has 1 aromatic carbocycles. The summed E-state index contributed by atoms with van der Waals surface area (Å²) in [7, 11) is 0. The molecule has 1 saturated heterocycles. The Morgan fingerprint density at radius 3 is 2.42 bits per heavy atom. The van der Waals surface area contributed by atoms with Crippen LogP contribution in [-0.4, -0.2) is 26.6 Å². The molecule has 0 radical (unpaired) electrons. The van der Waals surface area contributed by atoms with E-state index in [0.29, 0.717) is 6.54 Å². The van der Waals surface area contributed by atoms with Gasteiger partial charge in [0.2, 0.25) is 11.8 Å². The molecule has 1 aromatic heterocycles. The molecule has 0 bridgehead atoms. The lowest BCUT2D eigenvalue weighted by Crippen LogP contribution is -2.32. The first-order valence-corrected chi connectivity index (χ1v) is 8.47. The van der Waals surface area contributed by atoms with E-state index < -0.39 is 0 Å². The second-order valence-corrected chi connectivity index (χ2v) is 6.68. The molecule has 1 aliphatic carbocycles. The van der Waals surface area contributed by atoms with E-state index in [9.17, 15) is 9.59 Å². The van der Waals surface area contributed by atoms with Gasteiger partial charge in [-0.25, -0.2) is 9.58 Å². The van der Waals surface area contributed by atoms with Gasteiger partial charge in [0.1, 0.15) is 6.33 Å². The van der Waals surface area contributed by atoms with E-state index in [1.54, 1.807) is 11.0 Å². The summed E-state index contributed by atoms with van der Waals surface area (Å²) in [6.07, 6.45) is 5.22. The van der Waals surface area contributed by atoms with Crippen LogP contribution >= 0.6 is 0 Å². The number of hydrogen-bond donors (Lipinski definition) is 0. The standard InChI is InChI=1S/C18H20N4O2/c1-12-6-2-3-7-13(12)10-21-11-19-18(20-21)22-16(23)14-8-4-5-9-15(14)17(22)24/h2-3,6-7,11,14-15H,4-5,8-10H2,1H3. The lowest BCUT2D eigenvalue weighted by Gasteiger charge is -2.19. The topological polar surface area (TPSA) is 68.1 Å². The van der Waals surface area contributed by atoms with Crippen LogP contribution in [0.1, 0.15) is 36.8 Å². The molecule has 2 aromatic rings. The SMILES string of the molecule is Cc1ccccc1Cn1cnc(N2C(=O)C3CCCCC3C2=O)n1. The van der Waals surface area contributed by atoms with Gasteiger partial charge in [0.15, 0.2) is 0 Å². The number of amides is 2. The number of aromatic nitrogens is 3. The quantitative estimate of drug-likeness (QED) is 0.813. The van der Waals surface area contributed by atoms with E-state index in [1.165, 1.54) is 10.5 Å². The highest BCUT2D eigenvalue weighted by molar-refractivity contribution is 6.21. The van der Waals surface area contributed by atoms with Crippen molar-refractivity contribution in [2.75, 3.05) is 4.90 Å². The number of rotatable bonds is 3. The molecule has 24 heavy (non-hydrogen) atoms. The minimum atomic E-state index is -0.172. The Bertz CT molecular complexity index is 774. The van der Waals surface area contributed by atoms with Gasteiger partial charge in [0.05, 0.1) is 18.4 Å². The van der Waals surface area contributed by atoms with Crippen molar-refractivity contribution in [1.29, 1.82) is 0 Å². The fourth-order valence-electron chi connectivity index (χ4n) is 3.78. The van der Waals surface area contributed by atoms with Crippen LogP contribution < -0.4 is 4.90 Å². The molecule has 2 heterocycles. The predicted octanol–water partition coefficient (Wildman–Crippen LogP) is 2.31. The Hall–Kier alpha value is -2.50. The largest absolute Gasteiger partial charge is 0.274 e. The van der Waals surface area contributed by atoms with Crippen LogP contribution in [0.4, 0.5) is 5.95 Å². The number of aryl methyl sites for hydroxylation is 1. The minimum absolute atomic E-state index is 0.127.